The maximum absolute atomic E-state index is 13.1. The van der Waals surface area contributed by atoms with Crippen molar-refractivity contribution in [2.75, 3.05) is 30.3 Å². The van der Waals surface area contributed by atoms with Crippen LogP contribution in [0.4, 0.5) is 24.8 Å². The van der Waals surface area contributed by atoms with Crippen molar-refractivity contribution in [3.05, 3.63) is 30.2 Å². The second-order valence-corrected chi connectivity index (χ2v) is 7.97. The molecule has 0 amide bonds. The zero-order chi connectivity index (χ0) is 20.5. The minimum absolute atomic E-state index is 0.0149. The summed E-state index contributed by atoms with van der Waals surface area (Å²) in [4.78, 5) is 13.6. The molecule has 3 rings (SSSR count). The van der Waals surface area contributed by atoms with Gasteiger partial charge in [-0.3, -0.25) is 4.98 Å². The van der Waals surface area contributed by atoms with Crippen LogP contribution in [-0.4, -0.2) is 45.8 Å². The number of β-amino-alcohol motifs (C(OH)–C–C–N with tert-alkyl or cyclic N) is 1. The average Bonchev–Trinajstić information content (AvgIpc) is 2.65. The van der Waals surface area contributed by atoms with Gasteiger partial charge in [0.1, 0.15) is 10.8 Å². The van der Waals surface area contributed by atoms with E-state index in [0.29, 0.717) is 31.9 Å². The topological polar surface area (TPSA) is 114 Å². The molecular weight excluding hydrogens is 393 g/mol. The van der Waals surface area contributed by atoms with E-state index in [4.69, 9.17) is 11.5 Å². The maximum Gasteiger partial charge on any atom is 0.434 e. The lowest BCUT2D eigenvalue weighted by molar-refractivity contribution is -0.143. The standard InChI is InChI=1S/C17H21F3N6OS/c1-16(9-21)4-6-26(8-11(16)27)12-7-24-15(14(22)25-12)28-10-3-2-5-23-13(10)17(18,19)20/h2-3,5,7,11,27H,4,6,8-9,21H2,1H3,(H2,22,25). The summed E-state index contributed by atoms with van der Waals surface area (Å²) >= 11 is 0.761. The van der Waals surface area contributed by atoms with Crippen molar-refractivity contribution in [3.63, 3.8) is 0 Å². The Morgan fingerprint density at radius 2 is 2.14 bits per heavy atom. The lowest BCUT2D eigenvalue weighted by Gasteiger charge is -2.43. The Kier molecular flexibility index (Phi) is 5.69. The number of aliphatic hydroxyl groups excluding tert-OH is 1. The second kappa shape index (κ2) is 7.72. The number of aliphatic hydroxyl groups is 1. The first kappa shape index (κ1) is 20.6. The number of hydrogen-bond acceptors (Lipinski definition) is 8. The molecule has 1 saturated heterocycles. The fourth-order valence-corrected chi connectivity index (χ4v) is 3.80. The first-order chi connectivity index (χ1) is 13.1. The van der Waals surface area contributed by atoms with Crippen molar-refractivity contribution in [1.29, 1.82) is 0 Å². The number of aromatic nitrogens is 3. The summed E-state index contributed by atoms with van der Waals surface area (Å²) in [6.45, 7) is 3.25. The van der Waals surface area contributed by atoms with Gasteiger partial charge in [-0.2, -0.15) is 13.2 Å². The Balaban J connectivity index is 1.79. The number of nitrogens with two attached hydrogens (primary N) is 2. The molecule has 28 heavy (non-hydrogen) atoms. The van der Waals surface area contributed by atoms with Crippen LogP contribution in [0.5, 0.6) is 0 Å². The number of hydrogen-bond donors (Lipinski definition) is 3. The van der Waals surface area contributed by atoms with E-state index >= 15 is 0 Å². The number of nitrogens with zero attached hydrogens (tertiary/aromatic N) is 4. The molecule has 0 aromatic carbocycles. The third kappa shape index (κ3) is 4.15. The van der Waals surface area contributed by atoms with E-state index in [2.05, 4.69) is 15.0 Å². The maximum atomic E-state index is 13.1. The molecule has 0 spiro atoms. The van der Waals surface area contributed by atoms with Crippen LogP contribution in [0.2, 0.25) is 0 Å². The van der Waals surface area contributed by atoms with Gasteiger partial charge in [0.25, 0.3) is 0 Å². The molecule has 1 aliphatic rings. The van der Waals surface area contributed by atoms with Gasteiger partial charge in [-0.1, -0.05) is 18.7 Å². The van der Waals surface area contributed by atoms with Crippen molar-refractivity contribution in [3.8, 4) is 0 Å². The summed E-state index contributed by atoms with van der Waals surface area (Å²) in [5.41, 5.74) is 10.3. The molecule has 2 atom stereocenters. The van der Waals surface area contributed by atoms with Crippen LogP contribution in [0.25, 0.3) is 0 Å². The molecule has 2 unspecified atom stereocenters. The summed E-state index contributed by atoms with van der Waals surface area (Å²) in [7, 11) is 0. The zero-order valence-corrected chi connectivity index (χ0v) is 16.0. The van der Waals surface area contributed by atoms with Crippen LogP contribution in [0.3, 0.4) is 0 Å². The molecule has 0 saturated carbocycles. The summed E-state index contributed by atoms with van der Waals surface area (Å²) in [6.07, 6.45) is -2.01. The molecule has 3 heterocycles. The fraction of sp³-hybridized carbons (Fsp3) is 0.471. The monoisotopic (exact) mass is 414 g/mol. The number of nitrogen functional groups attached to an aromatic ring is 1. The summed E-state index contributed by atoms with van der Waals surface area (Å²) < 4.78 is 39.3. The smallest absolute Gasteiger partial charge is 0.391 e. The molecule has 0 bridgehead atoms. The van der Waals surface area contributed by atoms with Crippen LogP contribution >= 0.6 is 11.8 Å². The van der Waals surface area contributed by atoms with Gasteiger partial charge in [-0.15, -0.1) is 0 Å². The third-order valence-corrected chi connectivity index (χ3v) is 6.00. The molecule has 7 nitrogen and oxygen atoms in total. The lowest BCUT2D eigenvalue weighted by atomic mass is 9.78. The first-order valence-corrected chi connectivity index (χ1v) is 9.41. The molecule has 11 heteroatoms. The Morgan fingerprint density at radius 1 is 1.39 bits per heavy atom. The van der Waals surface area contributed by atoms with Crippen LogP contribution in [-0.2, 0) is 6.18 Å². The first-order valence-electron chi connectivity index (χ1n) is 8.60. The summed E-state index contributed by atoms with van der Waals surface area (Å²) in [6, 6.07) is 2.73. The zero-order valence-electron chi connectivity index (χ0n) is 15.1. The quantitative estimate of drug-likeness (QED) is 0.697. The Morgan fingerprint density at radius 3 is 2.75 bits per heavy atom. The van der Waals surface area contributed by atoms with Gasteiger partial charge in [-0.05, 0) is 18.6 Å². The Labute approximate surface area is 164 Å². The van der Waals surface area contributed by atoms with E-state index in [1.54, 1.807) is 0 Å². The van der Waals surface area contributed by atoms with E-state index in [1.807, 2.05) is 11.8 Å². The van der Waals surface area contributed by atoms with E-state index in [1.165, 1.54) is 18.3 Å². The fourth-order valence-electron chi connectivity index (χ4n) is 2.93. The predicted molar refractivity (Wildman–Crippen MR) is 99.8 cm³/mol. The van der Waals surface area contributed by atoms with Gasteiger partial charge >= 0.3 is 6.18 Å². The van der Waals surface area contributed by atoms with Crippen molar-refractivity contribution >= 4 is 23.4 Å². The molecule has 1 fully saturated rings. The van der Waals surface area contributed by atoms with Crippen molar-refractivity contribution in [2.45, 2.75) is 35.5 Å². The molecule has 2 aromatic heterocycles. The van der Waals surface area contributed by atoms with Gasteiger partial charge in [-0.25, -0.2) is 9.97 Å². The third-order valence-electron chi connectivity index (χ3n) is 4.94. The average molecular weight is 414 g/mol. The van der Waals surface area contributed by atoms with Crippen molar-refractivity contribution in [1.82, 2.24) is 15.0 Å². The van der Waals surface area contributed by atoms with Crippen LogP contribution in [0, 0.1) is 5.41 Å². The normalized spacial score (nSPS) is 23.1. The number of halogens is 3. The second-order valence-electron chi connectivity index (χ2n) is 6.94. The van der Waals surface area contributed by atoms with E-state index < -0.39 is 18.0 Å². The number of alkyl halides is 3. The number of pyridine rings is 1. The van der Waals surface area contributed by atoms with E-state index in [-0.39, 0.29) is 21.2 Å². The molecule has 1 aliphatic heterocycles. The van der Waals surface area contributed by atoms with Gasteiger partial charge < -0.3 is 21.5 Å². The molecule has 5 N–H and O–H groups in total. The highest BCUT2D eigenvalue weighted by Crippen LogP contribution is 2.39. The van der Waals surface area contributed by atoms with Gasteiger partial charge in [0.2, 0.25) is 0 Å². The predicted octanol–water partition coefficient (Wildman–Crippen LogP) is 2.16. The van der Waals surface area contributed by atoms with E-state index in [9.17, 15) is 18.3 Å². The minimum Gasteiger partial charge on any atom is -0.391 e. The van der Waals surface area contributed by atoms with Gasteiger partial charge in [0, 0.05) is 36.1 Å². The lowest BCUT2D eigenvalue weighted by Crippen LogP contribution is -2.53. The molecule has 0 aliphatic carbocycles. The van der Waals surface area contributed by atoms with Gasteiger partial charge in [0.15, 0.2) is 11.5 Å². The highest BCUT2D eigenvalue weighted by atomic mass is 32.2. The highest BCUT2D eigenvalue weighted by molar-refractivity contribution is 7.99. The van der Waals surface area contributed by atoms with Crippen LogP contribution in [0.1, 0.15) is 19.0 Å². The molecule has 152 valence electrons. The number of piperidine rings is 1. The van der Waals surface area contributed by atoms with Gasteiger partial charge in [0.05, 0.1) is 12.3 Å². The Hall–Kier alpha value is -2.11. The molecular formula is C17H21F3N6OS. The van der Waals surface area contributed by atoms with Crippen molar-refractivity contribution < 1.29 is 18.3 Å². The van der Waals surface area contributed by atoms with E-state index in [0.717, 1.165) is 18.0 Å². The highest BCUT2D eigenvalue weighted by Gasteiger charge is 2.38. The Bertz CT molecular complexity index is 852. The molecule has 0 radical (unpaired) electrons. The minimum atomic E-state index is -4.58. The summed E-state index contributed by atoms with van der Waals surface area (Å²) in [5, 5.41) is 10.5. The SMILES string of the molecule is CC1(CN)CCN(c2cnc(Sc3cccnc3C(F)(F)F)c(N)n2)CC1O. The van der Waals surface area contributed by atoms with Crippen LogP contribution in [0.15, 0.2) is 34.4 Å². The molecule has 2 aromatic rings. The number of anilines is 2. The number of rotatable bonds is 4. The van der Waals surface area contributed by atoms with Crippen molar-refractivity contribution in [2.24, 2.45) is 11.1 Å². The van der Waals surface area contributed by atoms with Crippen LogP contribution < -0.4 is 16.4 Å². The largest absolute Gasteiger partial charge is 0.434 e. The summed E-state index contributed by atoms with van der Waals surface area (Å²) in [5.74, 6) is 0.475.